The maximum atomic E-state index is 11.7. The van der Waals surface area contributed by atoms with Gasteiger partial charge in [0, 0.05) is 25.2 Å². The van der Waals surface area contributed by atoms with Crippen molar-refractivity contribution in [1.29, 1.82) is 0 Å². The number of hydrogen-bond acceptors (Lipinski definition) is 3. The number of aromatic nitrogens is 2. The summed E-state index contributed by atoms with van der Waals surface area (Å²) in [4.78, 5) is 27.3. The van der Waals surface area contributed by atoms with E-state index >= 15 is 0 Å². The molecule has 2 aromatic rings. The van der Waals surface area contributed by atoms with Gasteiger partial charge < -0.3 is 5.32 Å². The van der Waals surface area contributed by atoms with Crippen molar-refractivity contribution in [2.45, 2.75) is 27.7 Å². The van der Waals surface area contributed by atoms with Gasteiger partial charge in [-0.05, 0) is 26.0 Å². The van der Waals surface area contributed by atoms with Gasteiger partial charge in [0.05, 0.1) is 11.2 Å². The van der Waals surface area contributed by atoms with Gasteiger partial charge in [-0.25, -0.2) is 4.98 Å². The van der Waals surface area contributed by atoms with Crippen molar-refractivity contribution in [1.82, 2.24) is 9.55 Å². The lowest BCUT2D eigenvalue weighted by atomic mass is 10.3. The highest BCUT2D eigenvalue weighted by Crippen LogP contribution is 2.29. The van der Waals surface area contributed by atoms with E-state index in [1.54, 1.807) is 11.5 Å². The molecule has 1 amide bonds. The van der Waals surface area contributed by atoms with Crippen LogP contribution in [0.5, 0.6) is 0 Å². The highest BCUT2D eigenvalue weighted by Gasteiger charge is 2.18. The van der Waals surface area contributed by atoms with Crippen LogP contribution in [0.25, 0.3) is 11.0 Å². The largest absolute Gasteiger partial charge is 0.323 e. The number of anilines is 1. The van der Waals surface area contributed by atoms with Crippen LogP contribution in [0.1, 0.15) is 30.0 Å². The third-order valence-corrected chi connectivity index (χ3v) is 2.80. The Morgan fingerprint density at radius 1 is 1.22 bits per heavy atom. The number of fused-ring (bicyclic) bond motifs is 1. The lowest BCUT2D eigenvalue weighted by molar-refractivity contribution is -0.114. The van der Waals surface area contributed by atoms with Crippen molar-refractivity contribution in [3.05, 3.63) is 23.5 Å². The van der Waals surface area contributed by atoms with E-state index < -0.39 is 0 Å². The summed E-state index contributed by atoms with van der Waals surface area (Å²) < 4.78 is 1.56. The summed E-state index contributed by atoms with van der Waals surface area (Å²) in [5, 5.41) is 2.74. The van der Waals surface area contributed by atoms with Gasteiger partial charge in [-0.15, -0.1) is 0 Å². The smallest absolute Gasteiger partial charge is 0.228 e. The van der Waals surface area contributed by atoms with Crippen LogP contribution >= 0.6 is 0 Å². The molecular weight excluding hydrogens is 230 g/mol. The Morgan fingerprint density at radius 3 is 2.44 bits per heavy atom. The minimum atomic E-state index is -0.177. The van der Waals surface area contributed by atoms with Crippen LogP contribution in [-0.4, -0.2) is 21.4 Å². The summed E-state index contributed by atoms with van der Waals surface area (Å²) in [6, 6.07) is 3.69. The van der Waals surface area contributed by atoms with Crippen molar-refractivity contribution < 1.29 is 9.59 Å². The summed E-state index contributed by atoms with van der Waals surface area (Å²) in [6.07, 6.45) is 0. The molecule has 0 bridgehead atoms. The first-order chi connectivity index (χ1) is 8.41. The van der Waals surface area contributed by atoms with E-state index in [4.69, 9.17) is 0 Å². The minimum Gasteiger partial charge on any atom is -0.323 e. The molecule has 0 spiro atoms. The Bertz CT molecular complexity index is 656. The van der Waals surface area contributed by atoms with Crippen LogP contribution in [0.2, 0.25) is 0 Å². The topological polar surface area (TPSA) is 64.0 Å². The van der Waals surface area contributed by atoms with E-state index in [1.165, 1.54) is 13.8 Å². The first-order valence-corrected chi connectivity index (χ1v) is 5.69. The molecule has 0 aliphatic heterocycles. The van der Waals surface area contributed by atoms with Crippen LogP contribution in [0.3, 0.4) is 0 Å². The zero-order chi connectivity index (χ0) is 13.4. The van der Waals surface area contributed by atoms with Crippen LogP contribution in [0, 0.1) is 13.8 Å². The number of carbonyl (C=O) groups is 2. The SMILES string of the molecule is CC(=O)Nc1c(C)n(C(C)=O)c2ccc(C)nc12. The Hall–Kier alpha value is -2.17. The molecule has 2 rings (SSSR count). The molecule has 0 aliphatic carbocycles. The Labute approximate surface area is 105 Å². The predicted molar refractivity (Wildman–Crippen MR) is 69.8 cm³/mol. The summed E-state index contributed by atoms with van der Waals surface area (Å²) >= 11 is 0. The maximum Gasteiger partial charge on any atom is 0.228 e. The lowest BCUT2D eigenvalue weighted by Gasteiger charge is -2.03. The van der Waals surface area contributed by atoms with Gasteiger partial charge in [-0.2, -0.15) is 0 Å². The van der Waals surface area contributed by atoms with Crippen LogP contribution in [0.15, 0.2) is 12.1 Å². The van der Waals surface area contributed by atoms with Crippen molar-refractivity contribution in [2.75, 3.05) is 5.32 Å². The van der Waals surface area contributed by atoms with Gasteiger partial charge in [0.2, 0.25) is 11.8 Å². The molecule has 2 heterocycles. The van der Waals surface area contributed by atoms with E-state index in [-0.39, 0.29) is 11.8 Å². The van der Waals surface area contributed by atoms with Crippen LogP contribution in [0.4, 0.5) is 5.69 Å². The van der Waals surface area contributed by atoms with E-state index in [2.05, 4.69) is 10.3 Å². The molecule has 1 N–H and O–H groups in total. The van der Waals surface area contributed by atoms with Crippen molar-refractivity contribution >= 4 is 28.5 Å². The van der Waals surface area contributed by atoms with Crippen molar-refractivity contribution in [3.63, 3.8) is 0 Å². The first kappa shape index (κ1) is 12.3. The number of nitrogens with one attached hydrogen (secondary N) is 1. The molecule has 0 aliphatic rings. The molecule has 0 saturated heterocycles. The van der Waals surface area contributed by atoms with E-state index in [0.717, 1.165) is 5.69 Å². The van der Waals surface area contributed by atoms with Gasteiger partial charge in [-0.1, -0.05) is 0 Å². The zero-order valence-electron chi connectivity index (χ0n) is 10.9. The fourth-order valence-corrected chi connectivity index (χ4v) is 2.11. The highest BCUT2D eigenvalue weighted by atomic mass is 16.2. The molecule has 18 heavy (non-hydrogen) atoms. The monoisotopic (exact) mass is 245 g/mol. The lowest BCUT2D eigenvalue weighted by Crippen LogP contribution is -2.10. The summed E-state index contributed by atoms with van der Waals surface area (Å²) in [7, 11) is 0. The second-order valence-corrected chi connectivity index (χ2v) is 4.32. The molecule has 0 atom stereocenters. The summed E-state index contributed by atoms with van der Waals surface area (Å²) in [5.74, 6) is -0.274. The van der Waals surface area contributed by atoms with Crippen molar-refractivity contribution in [3.8, 4) is 0 Å². The van der Waals surface area contributed by atoms with Gasteiger partial charge in [0.15, 0.2) is 0 Å². The number of rotatable bonds is 1. The second kappa shape index (κ2) is 4.25. The normalized spacial score (nSPS) is 10.7. The molecule has 0 unspecified atom stereocenters. The third kappa shape index (κ3) is 1.88. The molecule has 0 aromatic carbocycles. The van der Waals surface area contributed by atoms with Gasteiger partial charge >= 0.3 is 0 Å². The van der Waals surface area contributed by atoms with Crippen LogP contribution < -0.4 is 5.32 Å². The van der Waals surface area contributed by atoms with E-state index in [0.29, 0.717) is 22.4 Å². The molecule has 5 heteroatoms. The number of aryl methyl sites for hydroxylation is 1. The van der Waals surface area contributed by atoms with E-state index in [1.807, 2.05) is 19.1 Å². The second-order valence-electron chi connectivity index (χ2n) is 4.32. The van der Waals surface area contributed by atoms with E-state index in [9.17, 15) is 9.59 Å². The number of hydrogen-bond donors (Lipinski definition) is 1. The summed E-state index contributed by atoms with van der Waals surface area (Å²) in [5.41, 5.74) is 3.52. The molecule has 2 aromatic heterocycles. The van der Waals surface area contributed by atoms with Crippen molar-refractivity contribution in [2.24, 2.45) is 0 Å². The molecule has 0 saturated carbocycles. The molecular formula is C13H15N3O2. The fraction of sp³-hybridized carbons (Fsp3) is 0.308. The summed E-state index contributed by atoms with van der Waals surface area (Å²) in [6.45, 7) is 6.59. The van der Waals surface area contributed by atoms with Gasteiger partial charge in [0.25, 0.3) is 0 Å². The number of nitrogens with zero attached hydrogens (tertiary/aromatic N) is 2. The average molecular weight is 245 g/mol. The number of amides is 1. The quantitative estimate of drug-likeness (QED) is 0.838. The molecule has 0 fully saturated rings. The van der Waals surface area contributed by atoms with Gasteiger partial charge in [-0.3, -0.25) is 14.2 Å². The minimum absolute atomic E-state index is 0.0974. The third-order valence-electron chi connectivity index (χ3n) is 2.80. The standard InChI is InChI=1S/C13H15N3O2/c1-7-5-6-11-13(14-7)12(15-9(3)17)8(2)16(11)10(4)18/h5-6H,1-4H3,(H,15,17). The Balaban J connectivity index is 2.83. The Kier molecular flexibility index (Phi) is 2.90. The number of pyridine rings is 1. The molecule has 5 nitrogen and oxygen atoms in total. The van der Waals surface area contributed by atoms with Crippen LogP contribution in [-0.2, 0) is 4.79 Å². The average Bonchev–Trinajstić information content (AvgIpc) is 2.52. The maximum absolute atomic E-state index is 11.7. The van der Waals surface area contributed by atoms with Gasteiger partial charge in [0.1, 0.15) is 5.52 Å². The number of carbonyl (C=O) groups excluding carboxylic acids is 2. The fourth-order valence-electron chi connectivity index (χ4n) is 2.11. The highest BCUT2D eigenvalue weighted by molar-refractivity contribution is 6.04. The molecule has 0 radical (unpaired) electrons. The molecule has 94 valence electrons. The predicted octanol–water partition coefficient (Wildman–Crippen LogP) is 2.27. The Morgan fingerprint density at radius 2 is 1.89 bits per heavy atom. The zero-order valence-corrected chi connectivity index (χ0v) is 10.9. The first-order valence-electron chi connectivity index (χ1n) is 5.69.